The lowest BCUT2D eigenvalue weighted by molar-refractivity contribution is 0.0702. The minimum absolute atomic E-state index is 0.473. The highest BCUT2D eigenvalue weighted by Crippen LogP contribution is 2.41. The Hall–Kier alpha value is -1.57. The van der Waals surface area contributed by atoms with E-state index in [1.165, 1.54) is 48.2 Å². The highest BCUT2D eigenvalue weighted by atomic mass is 32.1. The van der Waals surface area contributed by atoms with E-state index in [4.69, 9.17) is 0 Å². The zero-order valence-electron chi connectivity index (χ0n) is 18.4. The molecule has 3 rings (SSSR count). The molecule has 1 aliphatic heterocycles. The number of rotatable bonds is 5. The molecular formula is C25H35NO2S. The van der Waals surface area contributed by atoms with Crippen LogP contribution in [0, 0.1) is 29.6 Å². The van der Waals surface area contributed by atoms with Crippen molar-refractivity contribution < 1.29 is 9.90 Å². The van der Waals surface area contributed by atoms with Crippen LogP contribution < -0.4 is 0 Å². The molecular weight excluding hydrogens is 378 g/mol. The summed E-state index contributed by atoms with van der Waals surface area (Å²) in [6.07, 6.45) is 6.85. The first-order valence-corrected chi connectivity index (χ1v) is 12.0. The summed E-state index contributed by atoms with van der Waals surface area (Å²) in [5, 5.41) is 9.88. The van der Waals surface area contributed by atoms with Gasteiger partial charge < -0.3 is 5.11 Å². The Kier molecular flexibility index (Phi) is 7.60. The molecule has 0 bridgehead atoms. The van der Waals surface area contributed by atoms with E-state index in [9.17, 15) is 9.90 Å². The van der Waals surface area contributed by atoms with Crippen molar-refractivity contribution >= 4 is 22.9 Å². The van der Waals surface area contributed by atoms with Gasteiger partial charge in [0.2, 0.25) is 0 Å². The van der Waals surface area contributed by atoms with Crippen LogP contribution in [0.2, 0.25) is 0 Å². The lowest BCUT2D eigenvalue weighted by atomic mass is 9.75. The molecule has 0 radical (unpaired) electrons. The SMILES string of the molecule is CCN1CCC(c2cc(C#CCC(C)C)sc2C(=O)O)=C(C2CCC(C)CC2)C1. The summed E-state index contributed by atoms with van der Waals surface area (Å²) in [5.41, 5.74) is 3.76. The van der Waals surface area contributed by atoms with E-state index >= 15 is 0 Å². The van der Waals surface area contributed by atoms with Gasteiger partial charge in [0.25, 0.3) is 0 Å². The fraction of sp³-hybridized carbons (Fsp3) is 0.640. The molecule has 1 saturated carbocycles. The molecule has 2 aliphatic rings. The first-order chi connectivity index (χ1) is 13.9. The largest absolute Gasteiger partial charge is 0.477 e. The predicted molar refractivity (Wildman–Crippen MR) is 122 cm³/mol. The summed E-state index contributed by atoms with van der Waals surface area (Å²) in [5.74, 6) is 7.58. The zero-order valence-corrected chi connectivity index (χ0v) is 19.2. The molecule has 1 aliphatic carbocycles. The van der Waals surface area contributed by atoms with Crippen LogP contribution in [-0.2, 0) is 0 Å². The van der Waals surface area contributed by atoms with Crippen LogP contribution in [0.4, 0.5) is 0 Å². The van der Waals surface area contributed by atoms with Gasteiger partial charge in [0, 0.05) is 25.1 Å². The van der Waals surface area contributed by atoms with Crippen molar-refractivity contribution in [1.29, 1.82) is 0 Å². The predicted octanol–water partition coefficient (Wildman–Crippen LogP) is 6.15. The highest BCUT2D eigenvalue weighted by Gasteiger charge is 2.30. The van der Waals surface area contributed by atoms with Gasteiger partial charge in [0.05, 0.1) is 4.88 Å². The van der Waals surface area contributed by atoms with E-state index in [1.54, 1.807) is 0 Å². The van der Waals surface area contributed by atoms with Crippen LogP contribution in [0.25, 0.3) is 5.57 Å². The second kappa shape index (κ2) is 9.96. The first kappa shape index (κ1) is 22.1. The van der Waals surface area contributed by atoms with Crippen molar-refractivity contribution in [3.63, 3.8) is 0 Å². The molecule has 0 spiro atoms. The third kappa shape index (κ3) is 5.53. The van der Waals surface area contributed by atoms with Crippen molar-refractivity contribution in [2.75, 3.05) is 19.6 Å². The molecule has 3 nitrogen and oxygen atoms in total. The number of hydrogen-bond acceptors (Lipinski definition) is 3. The minimum Gasteiger partial charge on any atom is -0.477 e. The molecule has 1 fully saturated rings. The lowest BCUT2D eigenvalue weighted by Crippen LogP contribution is -2.34. The van der Waals surface area contributed by atoms with E-state index in [0.29, 0.717) is 16.7 Å². The molecule has 0 amide bonds. The molecule has 0 atom stereocenters. The van der Waals surface area contributed by atoms with Gasteiger partial charge in [0.1, 0.15) is 4.88 Å². The summed E-state index contributed by atoms with van der Waals surface area (Å²) < 4.78 is 0. The number of carbonyl (C=O) groups is 1. The van der Waals surface area contributed by atoms with Crippen molar-refractivity contribution in [2.45, 2.75) is 66.2 Å². The number of hydrogen-bond donors (Lipinski definition) is 1. The Morgan fingerprint density at radius 3 is 2.66 bits per heavy atom. The Labute approximate surface area is 180 Å². The number of carboxylic acid groups (broad SMARTS) is 1. The number of nitrogens with zero attached hydrogens (tertiary/aromatic N) is 1. The summed E-state index contributed by atoms with van der Waals surface area (Å²) in [4.78, 5) is 15.9. The van der Waals surface area contributed by atoms with Crippen LogP contribution in [-0.4, -0.2) is 35.6 Å². The molecule has 2 heterocycles. The standard InChI is InChI=1S/C25H35NO2S/c1-5-26-14-13-21(23(16-26)19-11-9-18(4)10-12-19)22-15-20(8-6-7-17(2)3)29-24(22)25(27)28/h15,17-19H,5,7,9-14,16H2,1-4H3,(H,27,28). The molecule has 158 valence electrons. The fourth-order valence-corrected chi connectivity index (χ4v) is 5.48. The van der Waals surface area contributed by atoms with Gasteiger partial charge in [-0.1, -0.05) is 52.4 Å². The lowest BCUT2D eigenvalue weighted by Gasteiger charge is -2.36. The van der Waals surface area contributed by atoms with Crippen LogP contribution in [0.15, 0.2) is 11.6 Å². The number of aromatic carboxylic acids is 1. The number of likely N-dealkylation sites (N-methyl/N-ethyl adjacent to an activating group) is 1. The number of thiophene rings is 1. The van der Waals surface area contributed by atoms with Crippen molar-refractivity contribution in [3.8, 4) is 11.8 Å². The zero-order chi connectivity index (χ0) is 21.0. The second-order valence-corrected chi connectivity index (χ2v) is 10.2. The van der Waals surface area contributed by atoms with Crippen molar-refractivity contribution in [1.82, 2.24) is 4.90 Å². The van der Waals surface area contributed by atoms with E-state index in [2.05, 4.69) is 50.5 Å². The maximum Gasteiger partial charge on any atom is 0.346 e. The second-order valence-electron chi connectivity index (χ2n) is 9.14. The molecule has 0 aromatic carbocycles. The Morgan fingerprint density at radius 1 is 1.31 bits per heavy atom. The molecule has 0 saturated heterocycles. The average molecular weight is 414 g/mol. The van der Waals surface area contributed by atoms with E-state index in [1.807, 2.05) is 0 Å². The average Bonchev–Trinajstić information content (AvgIpc) is 3.12. The normalized spacial score (nSPS) is 23.2. The summed E-state index contributed by atoms with van der Waals surface area (Å²) in [6, 6.07) is 2.06. The minimum atomic E-state index is -0.816. The quantitative estimate of drug-likeness (QED) is 0.589. The van der Waals surface area contributed by atoms with Crippen molar-refractivity contribution in [3.05, 3.63) is 27.0 Å². The smallest absolute Gasteiger partial charge is 0.346 e. The van der Waals surface area contributed by atoms with Crippen LogP contribution >= 0.6 is 11.3 Å². The van der Waals surface area contributed by atoms with Gasteiger partial charge in [-0.25, -0.2) is 4.79 Å². The molecule has 29 heavy (non-hydrogen) atoms. The fourth-order valence-electron chi connectivity index (χ4n) is 4.59. The van der Waals surface area contributed by atoms with Gasteiger partial charge in [-0.05, 0) is 60.8 Å². The van der Waals surface area contributed by atoms with E-state index in [-0.39, 0.29) is 0 Å². The van der Waals surface area contributed by atoms with Gasteiger partial charge >= 0.3 is 5.97 Å². The maximum atomic E-state index is 12.0. The van der Waals surface area contributed by atoms with Gasteiger partial charge in [-0.15, -0.1) is 11.3 Å². The molecule has 1 aromatic rings. The third-order valence-electron chi connectivity index (χ3n) is 6.39. The van der Waals surface area contributed by atoms with Crippen molar-refractivity contribution in [2.24, 2.45) is 17.8 Å². The Balaban J connectivity index is 2.00. The van der Waals surface area contributed by atoms with Gasteiger partial charge in [-0.3, -0.25) is 4.90 Å². The first-order valence-electron chi connectivity index (χ1n) is 11.2. The molecule has 4 heteroatoms. The maximum absolute atomic E-state index is 12.0. The number of carboxylic acids is 1. The summed E-state index contributed by atoms with van der Waals surface area (Å²) >= 11 is 1.35. The van der Waals surface area contributed by atoms with Crippen LogP contribution in [0.1, 0.15) is 86.3 Å². The monoisotopic (exact) mass is 413 g/mol. The highest BCUT2D eigenvalue weighted by molar-refractivity contribution is 7.14. The van der Waals surface area contributed by atoms with E-state index < -0.39 is 5.97 Å². The Bertz CT molecular complexity index is 816. The van der Waals surface area contributed by atoms with Crippen LogP contribution in [0.5, 0.6) is 0 Å². The van der Waals surface area contributed by atoms with Crippen LogP contribution in [0.3, 0.4) is 0 Å². The van der Waals surface area contributed by atoms with Gasteiger partial charge in [-0.2, -0.15) is 0 Å². The molecule has 1 N–H and O–H groups in total. The Morgan fingerprint density at radius 2 is 2.03 bits per heavy atom. The van der Waals surface area contributed by atoms with Gasteiger partial charge in [0.15, 0.2) is 0 Å². The topological polar surface area (TPSA) is 40.5 Å². The van der Waals surface area contributed by atoms with E-state index in [0.717, 1.165) is 48.8 Å². The third-order valence-corrected chi connectivity index (χ3v) is 7.43. The molecule has 1 aromatic heterocycles. The summed E-state index contributed by atoms with van der Waals surface area (Å²) in [7, 11) is 0. The molecule has 0 unspecified atom stereocenters. The summed E-state index contributed by atoms with van der Waals surface area (Å²) in [6.45, 7) is 12.0.